The van der Waals surface area contributed by atoms with Gasteiger partial charge < -0.3 is 10.1 Å². The number of methoxy groups -OCH3 is 1. The number of ether oxygens (including phenoxy) is 1. The monoisotopic (exact) mass is 365 g/mol. The van der Waals surface area contributed by atoms with Crippen LogP contribution in [-0.4, -0.2) is 18.0 Å². The molecule has 0 saturated carbocycles. The van der Waals surface area contributed by atoms with Gasteiger partial charge in [0.05, 0.1) is 18.4 Å². The van der Waals surface area contributed by atoms with E-state index in [9.17, 15) is 4.79 Å². The smallest absolute Gasteiger partial charge is 0.262 e. The first-order chi connectivity index (χ1) is 12.7. The number of nitrogens with zero attached hydrogens (tertiary/aromatic N) is 2. The van der Waals surface area contributed by atoms with Crippen LogP contribution in [0.25, 0.3) is 0 Å². The third-order valence-electron chi connectivity index (χ3n) is 4.30. The Morgan fingerprint density at radius 1 is 1.08 bits per heavy atom. The van der Waals surface area contributed by atoms with Crippen LogP contribution in [0.4, 0.5) is 11.4 Å². The fraction of sp³-hybridized carbons (Fsp3) is 0.100. The molecule has 0 saturated heterocycles. The largest absolute Gasteiger partial charge is 0.497 e. The Morgan fingerprint density at radius 3 is 2.50 bits per heavy atom. The zero-order valence-corrected chi connectivity index (χ0v) is 14.8. The van der Waals surface area contributed by atoms with Crippen molar-refractivity contribution < 1.29 is 9.53 Å². The van der Waals surface area contributed by atoms with Gasteiger partial charge in [-0.15, -0.1) is 0 Å². The highest BCUT2D eigenvalue weighted by atomic mass is 35.5. The number of hydrogen-bond donors (Lipinski definition) is 1. The molecule has 1 N–H and O–H groups in total. The fourth-order valence-corrected chi connectivity index (χ4v) is 3.16. The van der Waals surface area contributed by atoms with Gasteiger partial charge in [-0.2, -0.15) is 0 Å². The van der Waals surface area contributed by atoms with Crippen molar-refractivity contribution in [1.82, 2.24) is 4.98 Å². The lowest BCUT2D eigenvalue weighted by Crippen LogP contribution is -2.32. The number of pyridine rings is 1. The van der Waals surface area contributed by atoms with E-state index in [0.717, 1.165) is 17.1 Å². The number of carbonyl (C=O) groups excluding carboxylic acids is 1. The molecule has 2 aromatic carbocycles. The van der Waals surface area contributed by atoms with E-state index in [1.807, 2.05) is 36.4 Å². The number of hydrogen-bond acceptors (Lipinski definition) is 4. The molecule has 1 aliphatic rings. The normalized spacial score (nSPS) is 15.7. The van der Waals surface area contributed by atoms with Crippen LogP contribution < -0.4 is 15.0 Å². The van der Waals surface area contributed by atoms with E-state index in [1.54, 1.807) is 42.5 Å². The summed E-state index contributed by atoms with van der Waals surface area (Å²) in [6.07, 6.45) is 1.29. The lowest BCUT2D eigenvalue weighted by molar-refractivity contribution is 0.0993. The Bertz CT molecular complexity index is 942. The molecule has 26 heavy (non-hydrogen) atoms. The maximum absolute atomic E-state index is 13.0. The molecule has 1 atom stereocenters. The molecule has 130 valence electrons. The number of rotatable bonds is 4. The van der Waals surface area contributed by atoms with Gasteiger partial charge in [0.1, 0.15) is 5.75 Å². The fourth-order valence-electron chi connectivity index (χ4n) is 3.03. The molecule has 0 spiro atoms. The number of fused-ring (bicyclic) bond motifs is 1. The minimum atomic E-state index is -0.409. The number of nitrogens with one attached hydrogen (secondary N) is 1. The second-order valence-electron chi connectivity index (χ2n) is 5.86. The van der Waals surface area contributed by atoms with Crippen LogP contribution in [0.2, 0.25) is 5.02 Å². The van der Waals surface area contributed by atoms with Gasteiger partial charge in [-0.3, -0.25) is 14.7 Å². The minimum absolute atomic E-state index is 0.0928. The number of amides is 1. The van der Waals surface area contributed by atoms with E-state index in [-0.39, 0.29) is 5.91 Å². The molecule has 1 aromatic heterocycles. The van der Waals surface area contributed by atoms with E-state index < -0.39 is 6.17 Å². The molecule has 4 rings (SSSR count). The molecule has 0 radical (unpaired) electrons. The van der Waals surface area contributed by atoms with E-state index in [4.69, 9.17) is 16.3 Å². The molecule has 2 heterocycles. The maximum Gasteiger partial charge on any atom is 0.262 e. The highest BCUT2D eigenvalue weighted by Crippen LogP contribution is 2.37. The van der Waals surface area contributed by atoms with E-state index in [2.05, 4.69) is 10.3 Å². The molecule has 0 unspecified atom stereocenters. The van der Waals surface area contributed by atoms with Crippen LogP contribution in [-0.2, 0) is 0 Å². The lowest BCUT2D eigenvalue weighted by atomic mass is 10.2. The summed E-state index contributed by atoms with van der Waals surface area (Å²) in [5.41, 5.74) is 2.91. The predicted octanol–water partition coefficient (Wildman–Crippen LogP) is 4.51. The van der Waals surface area contributed by atoms with Crippen molar-refractivity contribution in [2.75, 3.05) is 17.3 Å². The van der Waals surface area contributed by atoms with Gasteiger partial charge in [-0.05, 0) is 60.7 Å². The molecule has 0 fully saturated rings. The number of aromatic nitrogens is 1. The van der Waals surface area contributed by atoms with Crippen LogP contribution in [0.1, 0.15) is 22.2 Å². The topological polar surface area (TPSA) is 54.5 Å². The molecule has 6 heteroatoms. The van der Waals surface area contributed by atoms with Crippen LogP contribution in [0.5, 0.6) is 5.75 Å². The highest BCUT2D eigenvalue weighted by Gasteiger charge is 2.38. The number of anilines is 2. The lowest BCUT2D eigenvalue weighted by Gasteiger charge is -2.26. The summed E-state index contributed by atoms with van der Waals surface area (Å²) in [7, 11) is 1.61. The van der Waals surface area contributed by atoms with E-state index in [0.29, 0.717) is 16.3 Å². The summed E-state index contributed by atoms with van der Waals surface area (Å²) in [4.78, 5) is 19.1. The molecule has 1 aliphatic heterocycles. The van der Waals surface area contributed by atoms with Crippen LogP contribution in [0.3, 0.4) is 0 Å². The molecule has 1 amide bonds. The summed E-state index contributed by atoms with van der Waals surface area (Å²) < 4.78 is 5.21. The quantitative estimate of drug-likeness (QED) is 0.738. The molecule has 5 nitrogen and oxygen atoms in total. The first-order valence-corrected chi connectivity index (χ1v) is 8.50. The van der Waals surface area contributed by atoms with Gasteiger partial charge in [-0.25, -0.2) is 0 Å². The summed E-state index contributed by atoms with van der Waals surface area (Å²) in [6, 6.07) is 18.3. The average molecular weight is 366 g/mol. The van der Waals surface area contributed by atoms with Gasteiger partial charge in [0.15, 0.2) is 6.17 Å². The molecular formula is C20H16ClN3O2. The Morgan fingerprint density at radius 2 is 1.81 bits per heavy atom. The van der Waals surface area contributed by atoms with Gasteiger partial charge in [0.25, 0.3) is 5.91 Å². The second kappa shape index (κ2) is 6.69. The van der Waals surface area contributed by atoms with Crippen molar-refractivity contribution >= 4 is 28.9 Å². The summed E-state index contributed by atoms with van der Waals surface area (Å²) >= 11 is 5.97. The van der Waals surface area contributed by atoms with Gasteiger partial charge >= 0.3 is 0 Å². The number of benzene rings is 2. The Hall–Kier alpha value is -3.05. The zero-order chi connectivity index (χ0) is 18.1. The summed E-state index contributed by atoms with van der Waals surface area (Å²) in [6.45, 7) is 0. The van der Waals surface area contributed by atoms with Crippen LogP contribution in [0.15, 0.2) is 66.9 Å². The maximum atomic E-state index is 13.0. The van der Waals surface area contributed by atoms with E-state index >= 15 is 0 Å². The predicted molar refractivity (Wildman–Crippen MR) is 102 cm³/mol. The summed E-state index contributed by atoms with van der Waals surface area (Å²) in [5.74, 6) is 0.642. The standard InChI is InChI=1S/C20H16ClN3O2/c1-26-16-10-8-15(9-11-16)24-19(23-14-6-4-13(21)5-7-14)18-17(20(24)25)3-2-12-22-18/h2-12,19,23H,1H3/t19-/m0/s1. The van der Waals surface area contributed by atoms with Crippen molar-refractivity contribution in [2.45, 2.75) is 6.17 Å². The van der Waals surface area contributed by atoms with Crippen molar-refractivity contribution in [3.8, 4) is 5.75 Å². The van der Waals surface area contributed by atoms with Crippen molar-refractivity contribution in [1.29, 1.82) is 0 Å². The van der Waals surface area contributed by atoms with Crippen LogP contribution >= 0.6 is 11.6 Å². The highest BCUT2D eigenvalue weighted by molar-refractivity contribution is 6.30. The SMILES string of the molecule is COc1ccc(N2C(=O)c3cccnc3[C@H]2Nc2ccc(Cl)cc2)cc1. The van der Waals surface area contributed by atoms with E-state index in [1.165, 1.54) is 0 Å². The number of halogens is 1. The van der Waals surface area contributed by atoms with Crippen molar-refractivity contribution in [2.24, 2.45) is 0 Å². The minimum Gasteiger partial charge on any atom is -0.497 e. The second-order valence-corrected chi connectivity index (χ2v) is 6.30. The Balaban J connectivity index is 1.75. The van der Waals surface area contributed by atoms with Gasteiger partial charge in [-0.1, -0.05) is 11.6 Å². The van der Waals surface area contributed by atoms with Gasteiger partial charge in [0.2, 0.25) is 0 Å². The Kier molecular flexibility index (Phi) is 4.22. The molecular weight excluding hydrogens is 350 g/mol. The number of carbonyl (C=O) groups is 1. The zero-order valence-electron chi connectivity index (χ0n) is 14.0. The molecule has 0 bridgehead atoms. The third kappa shape index (κ3) is 2.86. The first-order valence-electron chi connectivity index (χ1n) is 8.12. The van der Waals surface area contributed by atoms with Crippen molar-refractivity contribution in [3.05, 3.63) is 83.1 Å². The average Bonchev–Trinajstić information content (AvgIpc) is 2.96. The summed E-state index contributed by atoms with van der Waals surface area (Å²) in [5, 5.41) is 4.04. The van der Waals surface area contributed by atoms with Crippen LogP contribution in [0, 0.1) is 0 Å². The Labute approximate surface area is 156 Å². The molecule has 0 aliphatic carbocycles. The van der Waals surface area contributed by atoms with Crippen molar-refractivity contribution in [3.63, 3.8) is 0 Å². The van der Waals surface area contributed by atoms with Gasteiger partial charge in [0, 0.05) is 22.6 Å². The first kappa shape index (κ1) is 16.4. The molecule has 3 aromatic rings. The third-order valence-corrected chi connectivity index (χ3v) is 4.56.